The number of carboxylic acid groups (broad SMARTS) is 1. The molecule has 2 aromatic carbocycles. The molecule has 0 saturated carbocycles. The number of hydrogen-bond donors (Lipinski definition) is 2. The number of benzene rings is 2. The van der Waals surface area contributed by atoms with Gasteiger partial charge in [-0.05, 0) is 56.7 Å². The Morgan fingerprint density at radius 3 is 2.32 bits per heavy atom. The van der Waals surface area contributed by atoms with E-state index in [1.54, 1.807) is 51.1 Å². The molecule has 25 heavy (non-hydrogen) atoms. The summed E-state index contributed by atoms with van der Waals surface area (Å²) in [6, 6.07) is 13.4. The summed E-state index contributed by atoms with van der Waals surface area (Å²) in [5.74, 6) is -0.0380. The highest BCUT2D eigenvalue weighted by atomic mass is 16.6. The molecule has 0 bridgehead atoms. The molecule has 0 radical (unpaired) electrons. The minimum absolute atomic E-state index is 0.153. The van der Waals surface area contributed by atoms with Crippen LogP contribution in [0.2, 0.25) is 0 Å². The highest BCUT2D eigenvalue weighted by Gasteiger charge is 2.15. The summed E-state index contributed by atoms with van der Waals surface area (Å²) < 4.78 is 10.9. The lowest BCUT2D eigenvalue weighted by Crippen LogP contribution is -2.32. The highest BCUT2D eigenvalue weighted by molar-refractivity contribution is 5.88. The minimum Gasteiger partial charge on any atom is -0.478 e. The fourth-order valence-corrected chi connectivity index (χ4v) is 2.04. The van der Waals surface area contributed by atoms with E-state index in [1.807, 2.05) is 6.07 Å². The third kappa shape index (κ3) is 6.18. The van der Waals surface area contributed by atoms with Gasteiger partial charge in [0.1, 0.15) is 17.1 Å². The Morgan fingerprint density at radius 1 is 1.04 bits per heavy atom. The quantitative estimate of drug-likeness (QED) is 0.850. The number of aromatic carboxylic acids is 1. The first-order valence-corrected chi connectivity index (χ1v) is 7.80. The summed E-state index contributed by atoms with van der Waals surface area (Å²) in [6.45, 7) is 5.69. The number of carbonyl (C=O) groups excluding carboxylic acids is 1. The van der Waals surface area contributed by atoms with E-state index < -0.39 is 17.7 Å². The first-order chi connectivity index (χ1) is 11.7. The van der Waals surface area contributed by atoms with Crippen LogP contribution in [0, 0.1) is 0 Å². The van der Waals surface area contributed by atoms with Gasteiger partial charge in [-0.1, -0.05) is 18.2 Å². The SMILES string of the molecule is CC(C)(C)OC(=O)NCc1cccc(Oc2cccc(C(=O)O)c2)c1. The lowest BCUT2D eigenvalue weighted by atomic mass is 10.2. The van der Waals surface area contributed by atoms with E-state index in [1.165, 1.54) is 12.1 Å². The summed E-state index contributed by atoms with van der Waals surface area (Å²) >= 11 is 0. The Bertz CT molecular complexity index is 764. The smallest absolute Gasteiger partial charge is 0.407 e. The molecule has 1 amide bonds. The molecular formula is C19H21NO5. The molecule has 0 aliphatic carbocycles. The fraction of sp³-hybridized carbons (Fsp3) is 0.263. The Morgan fingerprint density at radius 2 is 1.68 bits per heavy atom. The van der Waals surface area contributed by atoms with Gasteiger partial charge >= 0.3 is 12.1 Å². The number of nitrogens with one attached hydrogen (secondary N) is 1. The number of alkyl carbamates (subject to hydrolysis) is 1. The van der Waals surface area contributed by atoms with Crippen molar-refractivity contribution in [3.05, 3.63) is 59.7 Å². The van der Waals surface area contributed by atoms with Crippen molar-refractivity contribution in [2.45, 2.75) is 32.9 Å². The molecule has 6 nitrogen and oxygen atoms in total. The van der Waals surface area contributed by atoms with Gasteiger partial charge in [-0.3, -0.25) is 0 Å². The van der Waals surface area contributed by atoms with Crippen molar-refractivity contribution in [1.82, 2.24) is 5.32 Å². The number of ether oxygens (including phenoxy) is 2. The molecule has 2 rings (SSSR count). The van der Waals surface area contributed by atoms with E-state index in [-0.39, 0.29) is 5.56 Å². The first kappa shape index (κ1) is 18.3. The molecule has 0 saturated heterocycles. The van der Waals surface area contributed by atoms with Crippen molar-refractivity contribution in [2.75, 3.05) is 0 Å². The zero-order chi connectivity index (χ0) is 18.4. The van der Waals surface area contributed by atoms with Gasteiger partial charge in [-0.25, -0.2) is 9.59 Å². The predicted octanol–water partition coefficient (Wildman–Crippen LogP) is 4.20. The van der Waals surface area contributed by atoms with E-state index in [9.17, 15) is 9.59 Å². The van der Waals surface area contributed by atoms with E-state index in [0.717, 1.165) is 5.56 Å². The topological polar surface area (TPSA) is 84.9 Å². The van der Waals surface area contributed by atoms with Gasteiger partial charge in [0.05, 0.1) is 5.56 Å². The fourth-order valence-electron chi connectivity index (χ4n) is 2.04. The number of rotatable bonds is 5. The third-order valence-corrected chi connectivity index (χ3v) is 3.05. The van der Waals surface area contributed by atoms with Crippen LogP contribution in [0.15, 0.2) is 48.5 Å². The summed E-state index contributed by atoms with van der Waals surface area (Å²) in [5.41, 5.74) is 0.433. The van der Waals surface area contributed by atoms with Crippen LogP contribution in [0.4, 0.5) is 4.79 Å². The Hall–Kier alpha value is -3.02. The van der Waals surface area contributed by atoms with Gasteiger partial charge < -0.3 is 19.9 Å². The second-order valence-electron chi connectivity index (χ2n) is 6.44. The second kappa shape index (κ2) is 7.70. The van der Waals surface area contributed by atoms with E-state index in [0.29, 0.717) is 18.0 Å². The molecule has 6 heteroatoms. The lowest BCUT2D eigenvalue weighted by molar-refractivity contribution is 0.0523. The highest BCUT2D eigenvalue weighted by Crippen LogP contribution is 2.23. The molecule has 0 unspecified atom stereocenters. The number of carboxylic acids is 1. The molecule has 0 heterocycles. The van der Waals surface area contributed by atoms with Crippen molar-refractivity contribution in [2.24, 2.45) is 0 Å². The van der Waals surface area contributed by atoms with Crippen molar-refractivity contribution < 1.29 is 24.2 Å². The molecule has 132 valence electrons. The van der Waals surface area contributed by atoms with Crippen molar-refractivity contribution in [3.8, 4) is 11.5 Å². The van der Waals surface area contributed by atoms with Crippen molar-refractivity contribution in [1.29, 1.82) is 0 Å². The van der Waals surface area contributed by atoms with Crippen LogP contribution >= 0.6 is 0 Å². The van der Waals surface area contributed by atoms with Gasteiger partial charge in [0.15, 0.2) is 0 Å². The molecule has 0 aliphatic rings. The predicted molar refractivity (Wildman–Crippen MR) is 93.0 cm³/mol. The summed E-state index contributed by atoms with van der Waals surface area (Å²) in [5, 5.41) is 11.7. The van der Waals surface area contributed by atoms with Crippen LogP contribution in [0.25, 0.3) is 0 Å². The van der Waals surface area contributed by atoms with E-state index in [2.05, 4.69) is 5.32 Å². The van der Waals surface area contributed by atoms with E-state index >= 15 is 0 Å². The normalized spacial score (nSPS) is 10.8. The molecule has 0 fully saturated rings. The molecular weight excluding hydrogens is 322 g/mol. The Kier molecular flexibility index (Phi) is 5.64. The van der Waals surface area contributed by atoms with Gasteiger partial charge in [-0.2, -0.15) is 0 Å². The zero-order valence-electron chi connectivity index (χ0n) is 14.4. The Balaban J connectivity index is 2.00. The van der Waals surface area contributed by atoms with Crippen LogP contribution in [-0.4, -0.2) is 22.8 Å². The number of hydrogen-bond acceptors (Lipinski definition) is 4. The number of amides is 1. The van der Waals surface area contributed by atoms with Crippen LogP contribution < -0.4 is 10.1 Å². The standard InChI is InChI=1S/C19H21NO5/c1-19(2,3)25-18(23)20-12-13-6-4-8-15(10-13)24-16-9-5-7-14(11-16)17(21)22/h4-11H,12H2,1-3H3,(H,20,23)(H,21,22). The van der Waals surface area contributed by atoms with E-state index in [4.69, 9.17) is 14.6 Å². The van der Waals surface area contributed by atoms with Gasteiger partial charge in [0.25, 0.3) is 0 Å². The van der Waals surface area contributed by atoms with Gasteiger partial charge in [-0.15, -0.1) is 0 Å². The monoisotopic (exact) mass is 343 g/mol. The molecule has 0 aliphatic heterocycles. The largest absolute Gasteiger partial charge is 0.478 e. The summed E-state index contributed by atoms with van der Waals surface area (Å²) in [4.78, 5) is 22.7. The van der Waals surface area contributed by atoms with Gasteiger partial charge in [0.2, 0.25) is 0 Å². The maximum absolute atomic E-state index is 11.7. The molecule has 2 N–H and O–H groups in total. The summed E-state index contributed by atoms with van der Waals surface area (Å²) in [7, 11) is 0. The van der Waals surface area contributed by atoms with Crippen LogP contribution in [0.3, 0.4) is 0 Å². The molecule has 0 spiro atoms. The summed E-state index contributed by atoms with van der Waals surface area (Å²) in [6.07, 6.45) is -0.493. The second-order valence-corrected chi connectivity index (χ2v) is 6.44. The molecule has 0 aromatic heterocycles. The van der Waals surface area contributed by atoms with Gasteiger partial charge in [0, 0.05) is 6.54 Å². The van der Waals surface area contributed by atoms with Crippen LogP contribution in [0.1, 0.15) is 36.7 Å². The first-order valence-electron chi connectivity index (χ1n) is 7.80. The van der Waals surface area contributed by atoms with Crippen molar-refractivity contribution >= 4 is 12.1 Å². The third-order valence-electron chi connectivity index (χ3n) is 3.05. The van der Waals surface area contributed by atoms with Crippen molar-refractivity contribution in [3.63, 3.8) is 0 Å². The zero-order valence-corrected chi connectivity index (χ0v) is 14.4. The Labute approximate surface area is 146 Å². The maximum atomic E-state index is 11.7. The molecule has 0 atom stereocenters. The van der Waals surface area contributed by atoms with Crippen LogP contribution in [-0.2, 0) is 11.3 Å². The number of carbonyl (C=O) groups is 2. The average Bonchev–Trinajstić information content (AvgIpc) is 2.52. The lowest BCUT2D eigenvalue weighted by Gasteiger charge is -2.19. The maximum Gasteiger partial charge on any atom is 0.407 e. The average molecular weight is 343 g/mol. The van der Waals surface area contributed by atoms with Crippen LogP contribution in [0.5, 0.6) is 11.5 Å². The minimum atomic E-state index is -1.01. The molecule has 2 aromatic rings.